The monoisotopic (exact) mass is 206 g/mol. The third kappa shape index (κ3) is 2.63. The SMILES string of the molecule is C#CCNCCNC1(C(F)(F)F)CC1. The molecule has 0 aromatic carbocycles. The van der Waals surface area contributed by atoms with Crippen molar-refractivity contribution in [3.05, 3.63) is 0 Å². The molecule has 0 aliphatic heterocycles. The van der Waals surface area contributed by atoms with Gasteiger partial charge in [-0.3, -0.25) is 0 Å². The van der Waals surface area contributed by atoms with Gasteiger partial charge in [-0.15, -0.1) is 6.42 Å². The lowest BCUT2D eigenvalue weighted by Crippen LogP contribution is -2.47. The maximum atomic E-state index is 12.4. The third-order valence-electron chi connectivity index (χ3n) is 2.28. The van der Waals surface area contributed by atoms with Crippen LogP contribution in [0.3, 0.4) is 0 Å². The Bertz CT molecular complexity index is 225. The van der Waals surface area contributed by atoms with Gasteiger partial charge >= 0.3 is 6.18 Å². The Morgan fingerprint density at radius 1 is 1.29 bits per heavy atom. The van der Waals surface area contributed by atoms with Crippen molar-refractivity contribution in [2.75, 3.05) is 19.6 Å². The van der Waals surface area contributed by atoms with E-state index in [1.54, 1.807) is 0 Å². The van der Waals surface area contributed by atoms with Crippen molar-refractivity contribution in [1.29, 1.82) is 0 Å². The number of hydrogen-bond donors (Lipinski definition) is 2. The molecule has 0 bridgehead atoms. The molecule has 2 N–H and O–H groups in total. The van der Waals surface area contributed by atoms with Crippen LogP contribution in [0.2, 0.25) is 0 Å². The van der Waals surface area contributed by atoms with Crippen molar-refractivity contribution in [3.63, 3.8) is 0 Å². The molecule has 80 valence electrons. The Kier molecular flexibility index (Phi) is 3.40. The number of alkyl halides is 3. The summed E-state index contributed by atoms with van der Waals surface area (Å²) < 4.78 is 37.1. The number of hydrogen-bond acceptors (Lipinski definition) is 2. The van der Waals surface area contributed by atoms with Crippen LogP contribution < -0.4 is 10.6 Å². The fourth-order valence-corrected chi connectivity index (χ4v) is 1.24. The zero-order valence-corrected chi connectivity index (χ0v) is 7.75. The van der Waals surface area contributed by atoms with Crippen LogP contribution in [-0.2, 0) is 0 Å². The Labute approximate surface area is 81.2 Å². The Morgan fingerprint density at radius 3 is 2.36 bits per heavy atom. The molecule has 0 aromatic heterocycles. The van der Waals surface area contributed by atoms with Crippen LogP contribution in [-0.4, -0.2) is 31.3 Å². The predicted molar refractivity (Wildman–Crippen MR) is 47.7 cm³/mol. The van der Waals surface area contributed by atoms with Gasteiger partial charge in [-0.05, 0) is 12.8 Å². The standard InChI is InChI=1S/C9H13F3N2/c1-2-5-13-6-7-14-8(3-4-8)9(10,11)12/h1,13-14H,3-7H2. The predicted octanol–water partition coefficient (Wildman–Crippen LogP) is 0.894. The van der Waals surface area contributed by atoms with Crippen molar-refractivity contribution in [1.82, 2.24) is 10.6 Å². The van der Waals surface area contributed by atoms with Crippen LogP contribution in [0.5, 0.6) is 0 Å². The lowest BCUT2D eigenvalue weighted by molar-refractivity contribution is -0.165. The average Bonchev–Trinajstić information content (AvgIpc) is 2.84. The van der Waals surface area contributed by atoms with Crippen molar-refractivity contribution in [2.45, 2.75) is 24.6 Å². The first-order valence-corrected chi connectivity index (χ1v) is 4.48. The highest BCUT2D eigenvalue weighted by atomic mass is 19.4. The van der Waals surface area contributed by atoms with Gasteiger partial charge in [0, 0.05) is 13.1 Å². The van der Waals surface area contributed by atoms with Gasteiger partial charge in [-0.1, -0.05) is 5.92 Å². The first kappa shape index (κ1) is 11.3. The van der Waals surface area contributed by atoms with Crippen molar-refractivity contribution in [3.8, 4) is 12.3 Å². The molecule has 1 aliphatic rings. The van der Waals surface area contributed by atoms with Gasteiger partial charge in [0.25, 0.3) is 0 Å². The molecule has 0 radical (unpaired) electrons. The zero-order chi connectivity index (χ0) is 10.7. The van der Waals surface area contributed by atoms with Crippen LogP contribution in [0.4, 0.5) is 13.2 Å². The average molecular weight is 206 g/mol. The van der Waals surface area contributed by atoms with Crippen LogP contribution in [0.25, 0.3) is 0 Å². The first-order chi connectivity index (χ1) is 6.52. The van der Waals surface area contributed by atoms with Crippen molar-refractivity contribution >= 4 is 0 Å². The van der Waals surface area contributed by atoms with E-state index in [1.165, 1.54) is 0 Å². The van der Waals surface area contributed by atoms with Gasteiger partial charge in [-0.2, -0.15) is 13.2 Å². The molecule has 0 heterocycles. The summed E-state index contributed by atoms with van der Waals surface area (Å²) >= 11 is 0. The van der Waals surface area contributed by atoms with E-state index in [2.05, 4.69) is 16.6 Å². The second-order valence-corrected chi connectivity index (χ2v) is 3.39. The van der Waals surface area contributed by atoms with Gasteiger partial charge in [0.05, 0.1) is 6.54 Å². The summed E-state index contributed by atoms with van der Waals surface area (Å²) in [5.74, 6) is 2.35. The molecule has 1 fully saturated rings. The van der Waals surface area contributed by atoms with E-state index in [4.69, 9.17) is 6.42 Å². The second-order valence-electron chi connectivity index (χ2n) is 3.39. The number of rotatable bonds is 5. The van der Waals surface area contributed by atoms with Gasteiger partial charge in [0.2, 0.25) is 0 Å². The second kappa shape index (κ2) is 4.20. The molecule has 0 unspecified atom stereocenters. The minimum atomic E-state index is -4.13. The van der Waals surface area contributed by atoms with Gasteiger partial charge in [-0.25, -0.2) is 0 Å². The van der Waals surface area contributed by atoms with E-state index in [0.29, 0.717) is 19.6 Å². The summed E-state index contributed by atoms with van der Waals surface area (Å²) in [6.07, 6.45) is 1.21. The molecule has 14 heavy (non-hydrogen) atoms. The number of terminal acetylenes is 1. The quantitative estimate of drug-likeness (QED) is 0.515. The Morgan fingerprint density at radius 2 is 1.93 bits per heavy atom. The Balaban J connectivity index is 2.16. The molecule has 0 saturated heterocycles. The maximum absolute atomic E-state index is 12.4. The molecular formula is C9H13F3N2. The van der Waals surface area contributed by atoms with Gasteiger partial charge < -0.3 is 10.6 Å². The van der Waals surface area contributed by atoms with Crippen molar-refractivity contribution < 1.29 is 13.2 Å². The molecule has 2 nitrogen and oxygen atoms in total. The lowest BCUT2D eigenvalue weighted by Gasteiger charge is -2.20. The maximum Gasteiger partial charge on any atom is 0.406 e. The summed E-state index contributed by atoms with van der Waals surface area (Å²) in [5, 5.41) is 5.33. The van der Waals surface area contributed by atoms with E-state index in [1.807, 2.05) is 0 Å². The third-order valence-corrected chi connectivity index (χ3v) is 2.28. The highest BCUT2D eigenvalue weighted by molar-refractivity contribution is 5.07. The summed E-state index contributed by atoms with van der Waals surface area (Å²) in [4.78, 5) is 0. The molecule has 1 aliphatic carbocycles. The number of nitrogens with one attached hydrogen (secondary N) is 2. The largest absolute Gasteiger partial charge is 0.406 e. The van der Waals surface area contributed by atoms with E-state index >= 15 is 0 Å². The van der Waals surface area contributed by atoms with Crippen LogP contribution >= 0.6 is 0 Å². The van der Waals surface area contributed by atoms with Crippen LogP contribution in [0.15, 0.2) is 0 Å². The molecule has 0 atom stereocenters. The summed E-state index contributed by atoms with van der Waals surface area (Å²) in [6, 6.07) is 0. The van der Waals surface area contributed by atoms with E-state index in [0.717, 1.165) is 0 Å². The molecule has 1 rings (SSSR count). The topological polar surface area (TPSA) is 24.1 Å². The molecule has 1 saturated carbocycles. The summed E-state index contributed by atoms with van der Waals surface area (Å²) in [6.45, 7) is 1.14. The lowest BCUT2D eigenvalue weighted by atomic mass is 10.2. The van der Waals surface area contributed by atoms with E-state index in [9.17, 15) is 13.2 Å². The highest BCUT2D eigenvalue weighted by Crippen LogP contribution is 2.48. The highest BCUT2D eigenvalue weighted by Gasteiger charge is 2.62. The molecule has 0 aromatic rings. The molecular weight excluding hydrogens is 193 g/mol. The fourth-order valence-electron chi connectivity index (χ4n) is 1.24. The summed E-state index contributed by atoms with van der Waals surface area (Å²) in [5.41, 5.74) is -1.61. The van der Waals surface area contributed by atoms with Crippen LogP contribution in [0.1, 0.15) is 12.8 Å². The first-order valence-electron chi connectivity index (χ1n) is 4.48. The van der Waals surface area contributed by atoms with Gasteiger partial charge in [0.1, 0.15) is 5.54 Å². The normalized spacial score (nSPS) is 19.0. The zero-order valence-electron chi connectivity index (χ0n) is 7.75. The number of halogens is 3. The van der Waals surface area contributed by atoms with Crippen LogP contribution in [0, 0.1) is 12.3 Å². The minimum Gasteiger partial charge on any atom is -0.305 e. The summed E-state index contributed by atoms with van der Waals surface area (Å²) in [7, 11) is 0. The minimum absolute atomic E-state index is 0.186. The van der Waals surface area contributed by atoms with E-state index in [-0.39, 0.29) is 12.8 Å². The molecule has 0 amide bonds. The molecule has 0 spiro atoms. The Hall–Kier alpha value is -0.730. The smallest absolute Gasteiger partial charge is 0.305 e. The molecule has 5 heteroatoms. The van der Waals surface area contributed by atoms with Gasteiger partial charge in [0.15, 0.2) is 0 Å². The fraction of sp³-hybridized carbons (Fsp3) is 0.778. The van der Waals surface area contributed by atoms with E-state index < -0.39 is 11.7 Å². The van der Waals surface area contributed by atoms with Crippen molar-refractivity contribution in [2.24, 2.45) is 0 Å².